The molecule has 3 rings (SSSR count). The molecule has 0 aromatic heterocycles. The number of methoxy groups -OCH3 is 1. The molecular weight excluding hydrogens is 422 g/mol. The summed E-state index contributed by atoms with van der Waals surface area (Å²) in [5.74, 6) is -0.0591. The lowest BCUT2D eigenvalue weighted by Gasteiger charge is -2.34. The number of ether oxygens (including phenoxy) is 2. The van der Waals surface area contributed by atoms with Gasteiger partial charge in [0.15, 0.2) is 0 Å². The molecule has 2 aromatic rings. The van der Waals surface area contributed by atoms with Crippen molar-refractivity contribution in [1.82, 2.24) is 4.90 Å². The lowest BCUT2D eigenvalue weighted by molar-refractivity contribution is -0.149. The lowest BCUT2D eigenvalue weighted by atomic mass is 9.96. The topological polar surface area (TPSA) is 97.0 Å². The maximum Gasteiger partial charge on any atom is 0.309 e. The van der Waals surface area contributed by atoms with Crippen molar-refractivity contribution < 1.29 is 23.9 Å². The highest BCUT2D eigenvalue weighted by molar-refractivity contribution is 6.05. The van der Waals surface area contributed by atoms with E-state index in [-0.39, 0.29) is 29.7 Å². The van der Waals surface area contributed by atoms with Crippen LogP contribution in [0.25, 0.3) is 0 Å². The van der Waals surface area contributed by atoms with Crippen LogP contribution in [0, 0.1) is 5.92 Å². The van der Waals surface area contributed by atoms with Crippen molar-refractivity contribution >= 4 is 29.2 Å². The van der Waals surface area contributed by atoms with Crippen molar-refractivity contribution in [2.75, 3.05) is 37.4 Å². The second kappa shape index (κ2) is 11.5. The fraction of sp³-hybridized carbons (Fsp3) is 0.400. The third-order valence-electron chi connectivity index (χ3n) is 5.85. The Bertz CT molecular complexity index is 968. The lowest BCUT2D eigenvalue weighted by Crippen LogP contribution is -2.47. The first-order chi connectivity index (χ1) is 15.9. The summed E-state index contributed by atoms with van der Waals surface area (Å²) in [6.45, 7) is 5.38. The molecule has 1 aliphatic rings. The number of amides is 2. The van der Waals surface area contributed by atoms with Crippen molar-refractivity contribution in [2.24, 2.45) is 5.92 Å². The minimum Gasteiger partial charge on any atom is -0.495 e. The van der Waals surface area contributed by atoms with E-state index in [0.717, 1.165) is 0 Å². The van der Waals surface area contributed by atoms with Gasteiger partial charge in [-0.05, 0) is 76.2 Å². The van der Waals surface area contributed by atoms with Crippen LogP contribution in [-0.4, -0.2) is 55.5 Å². The van der Waals surface area contributed by atoms with E-state index in [9.17, 15) is 14.4 Å². The second-order valence-electron chi connectivity index (χ2n) is 7.96. The number of benzene rings is 2. The summed E-state index contributed by atoms with van der Waals surface area (Å²) in [6, 6.07) is 13.6. The van der Waals surface area contributed by atoms with Crippen molar-refractivity contribution in [3.63, 3.8) is 0 Å². The normalized spacial score (nSPS) is 15.4. The van der Waals surface area contributed by atoms with E-state index in [0.29, 0.717) is 55.2 Å². The molecule has 1 atom stereocenters. The van der Waals surface area contributed by atoms with Crippen molar-refractivity contribution in [1.29, 1.82) is 0 Å². The average molecular weight is 454 g/mol. The number of nitrogens with one attached hydrogen (secondary N) is 2. The molecule has 2 N–H and O–H groups in total. The maximum absolute atomic E-state index is 12.7. The first-order valence-electron chi connectivity index (χ1n) is 11.2. The highest BCUT2D eigenvalue weighted by Crippen LogP contribution is 2.24. The number of anilines is 2. The van der Waals surface area contributed by atoms with Gasteiger partial charge in [0.2, 0.25) is 5.91 Å². The van der Waals surface area contributed by atoms with E-state index in [1.165, 1.54) is 0 Å². The van der Waals surface area contributed by atoms with Gasteiger partial charge in [0.05, 0.1) is 31.4 Å². The van der Waals surface area contributed by atoms with Crippen LogP contribution in [0.5, 0.6) is 5.75 Å². The molecule has 176 valence electrons. The third-order valence-corrected chi connectivity index (χ3v) is 5.85. The van der Waals surface area contributed by atoms with Gasteiger partial charge in [-0.15, -0.1) is 0 Å². The minimum absolute atomic E-state index is 0.0917. The molecule has 1 aliphatic heterocycles. The van der Waals surface area contributed by atoms with E-state index in [2.05, 4.69) is 15.5 Å². The standard InChI is InChI=1S/C25H31N3O5/c1-4-33-25(31)19-13-15-28(16-14-19)17(2)23(29)26-20-11-9-18(10-12-20)24(30)27-21-7-5-6-8-22(21)32-3/h5-12,17,19H,4,13-16H2,1-3H3,(H,26,29)(H,27,30). The van der Waals surface area contributed by atoms with E-state index < -0.39 is 0 Å². The Kier molecular flexibility index (Phi) is 8.43. The molecule has 0 spiro atoms. The number of likely N-dealkylation sites (tertiary alicyclic amines) is 1. The second-order valence-corrected chi connectivity index (χ2v) is 7.96. The van der Waals surface area contributed by atoms with Crippen molar-refractivity contribution in [2.45, 2.75) is 32.7 Å². The molecular formula is C25H31N3O5. The van der Waals surface area contributed by atoms with Crippen molar-refractivity contribution in [3.05, 3.63) is 54.1 Å². The summed E-state index contributed by atoms with van der Waals surface area (Å²) in [6.07, 6.45) is 1.37. The van der Waals surface area contributed by atoms with Crippen LogP contribution >= 0.6 is 0 Å². The molecule has 0 bridgehead atoms. The minimum atomic E-state index is -0.332. The number of esters is 1. The molecule has 2 amide bonds. The summed E-state index contributed by atoms with van der Waals surface area (Å²) >= 11 is 0. The van der Waals surface area contributed by atoms with Gasteiger partial charge in [0, 0.05) is 11.3 Å². The number of hydrogen-bond acceptors (Lipinski definition) is 6. The molecule has 1 fully saturated rings. The van der Waals surface area contributed by atoms with Gasteiger partial charge in [-0.3, -0.25) is 19.3 Å². The quantitative estimate of drug-likeness (QED) is 0.594. The van der Waals surface area contributed by atoms with Crippen LogP contribution in [0.2, 0.25) is 0 Å². The van der Waals surface area contributed by atoms with Gasteiger partial charge in [-0.2, -0.15) is 0 Å². The molecule has 0 aliphatic carbocycles. The number of nitrogens with zero attached hydrogens (tertiary/aromatic N) is 1. The van der Waals surface area contributed by atoms with Crippen LogP contribution in [-0.2, 0) is 14.3 Å². The maximum atomic E-state index is 12.7. The largest absolute Gasteiger partial charge is 0.495 e. The predicted molar refractivity (Wildman–Crippen MR) is 126 cm³/mol. The van der Waals surface area contributed by atoms with Gasteiger partial charge in [0.25, 0.3) is 5.91 Å². The third kappa shape index (κ3) is 6.32. The van der Waals surface area contributed by atoms with Gasteiger partial charge in [0.1, 0.15) is 5.75 Å². The number of piperidine rings is 1. The molecule has 2 aromatic carbocycles. The van der Waals surface area contributed by atoms with E-state index in [1.54, 1.807) is 50.4 Å². The van der Waals surface area contributed by atoms with Crippen LogP contribution in [0.1, 0.15) is 37.0 Å². The first kappa shape index (κ1) is 24.3. The summed E-state index contributed by atoms with van der Waals surface area (Å²) in [7, 11) is 1.55. The zero-order valence-electron chi connectivity index (χ0n) is 19.3. The van der Waals surface area contributed by atoms with E-state index >= 15 is 0 Å². The number of rotatable bonds is 8. The number of para-hydroxylation sites is 2. The molecule has 1 heterocycles. The fourth-order valence-electron chi connectivity index (χ4n) is 3.84. The van der Waals surface area contributed by atoms with Gasteiger partial charge >= 0.3 is 5.97 Å². The highest BCUT2D eigenvalue weighted by Gasteiger charge is 2.30. The average Bonchev–Trinajstić information content (AvgIpc) is 2.84. The zero-order chi connectivity index (χ0) is 23.8. The molecule has 0 saturated carbocycles. The molecule has 8 nitrogen and oxygen atoms in total. The number of hydrogen-bond donors (Lipinski definition) is 2. The van der Waals surface area contributed by atoms with Gasteiger partial charge < -0.3 is 20.1 Å². The van der Waals surface area contributed by atoms with Crippen LogP contribution < -0.4 is 15.4 Å². The molecule has 8 heteroatoms. The number of carbonyl (C=O) groups excluding carboxylic acids is 3. The zero-order valence-corrected chi connectivity index (χ0v) is 19.3. The molecule has 1 unspecified atom stereocenters. The fourth-order valence-corrected chi connectivity index (χ4v) is 3.84. The smallest absolute Gasteiger partial charge is 0.309 e. The highest BCUT2D eigenvalue weighted by atomic mass is 16.5. The summed E-state index contributed by atoms with van der Waals surface area (Å²) in [5.41, 5.74) is 1.66. The SMILES string of the molecule is CCOC(=O)C1CCN(C(C)C(=O)Nc2ccc(C(=O)Nc3ccccc3OC)cc2)CC1. The predicted octanol–water partition coefficient (Wildman–Crippen LogP) is 3.55. The van der Waals surface area contributed by atoms with E-state index in [1.807, 2.05) is 19.1 Å². The Balaban J connectivity index is 1.52. The molecule has 33 heavy (non-hydrogen) atoms. The Morgan fingerprint density at radius 1 is 1.03 bits per heavy atom. The Morgan fingerprint density at radius 3 is 2.33 bits per heavy atom. The number of carbonyl (C=O) groups is 3. The van der Waals surface area contributed by atoms with Gasteiger partial charge in [-0.1, -0.05) is 12.1 Å². The Labute approximate surface area is 194 Å². The monoisotopic (exact) mass is 453 g/mol. The van der Waals surface area contributed by atoms with Crippen LogP contribution in [0.15, 0.2) is 48.5 Å². The van der Waals surface area contributed by atoms with E-state index in [4.69, 9.17) is 9.47 Å². The van der Waals surface area contributed by atoms with Crippen molar-refractivity contribution in [3.8, 4) is 5.75 Å². The van der Waals surface area contributed by atoms with Gasteiger partial charge in [-0.25, -0.2) is 0 Å². The summed E-state index contributed by atoms with van der Waals surface area (Å²) in [4.78, 5) is 39.2. The molecule has 0 radical (unpaired) electrons. The van der Waals surface area contributed by atoms with Crippen LogP contribution in [0.3, 0.4) is 0 Å². The Hall–Kier alpha value is -3.39. The Morgan fingerprint density at radius 2 is 1.70 bits per heavy atom. The first-order valence-corrected chi connectivity index (χ1v) is 11.2. The summed E-state index contributed by atoms with van der Waals surface area (Å²) < 4.78 is 10.4. The molecule has 1 saturated heterocycles. The summed E-state index contributed by atoms with van der Waals surface area (Å²) in [5, 5.41) is 5.73. The van der Waals surface area contributed by atoms with Crippen LogP contribution in [0.4, 0.5) is 11.4 Å².